The van der Waals surface area contributed by atoms with Crippen molar-refractivity contribution in [2.75, 3.05) is 11.4 Å². The van der Waals surface area contributed by atoms with Crippen LogP contribution in [0.2, 0.25) is 0 Å². The van der Waals surface area contributed by atoms with E-state index in [-0.39, 0.29) is 67.8 Å². The number of rotatable bonds is 13. The van der Waals surface area contributed by atoms with Crippen LogP contribution in [0.1, 0.15) is 77.3 Å². The summed E-state index contributed by atoms with van der Waals surface area (Å²) >= 11 is 0. The van der Waals surface area contributed by atoms with E-state index in [1.54, 1.807) is 12.4 Å². The molecule has 5 aromatic rings. The summed E-state index contributed by atoms with van der Waals surface area (Å²) in [5.74, 6) is -5.56. The summed E-state index contributed by atoms with van der Waals surface area (Å²) in [5, 5.41) is 0. The van der Waals surface area contributed by atoms with Crippen molar-refractivity contribution in [2.24, 2.45) is 0 Å². The van der Waals surface area contributed by atoms with Crippen molar-refractivity contribution in [2.45, 2.75) is 75.1 Å². The monoisotopic (exact) mass is 784 g/mol. The van der Waals surface area contributed by atoms with E-state index in [0.717, 1.165) is 46.8 Å². The third-order valence-electron chi connectivity index (χ3n) is 10.1. The van der Waals surface area contributed by atoms with Crippen LogP contribution in [0.3, 0.4) is 0 Å². The number of carbonyl (C=O) groups is 2. The summed E-state index contributed by atoms with van der Waals surface area (Å²) in [7, 11) is -4.78. The van der Waals surface area contributed by atoms with Crippen molar-refractivity contribution in [3.8, 4) is 5.75 Å². The van der Waals surface area contributed by atoms with Crippen LogP contribution in [-0.2, 0) is 39.3 Å². The second-order valence-corrected chi connectivity index (χ2v) is 15.7. The molecular weight excluding hydrogens is 746 g/mol. The van der Waals surface area contributed by atoms with Gasteiger partial charge < -0.3 is 14.4 Å². The Morgan fingerprint density at radius 3 is 2.09 bits per heavy atom. The molecule has 2 fully saturated rings. The van der Waals surface area contributed by atoms with Crippen molar-refractivity contribution in [3.63, 3.8) is 0 Å². The number of amides is 1. The molecule has 1 aliphatic carbocycles. The van der Waals surface area contributed by atoms with E-state index in [4.69, 9.17) is 9.47 Å². The fourth-order valence-electron chi connectivity index (χ4n) is 6.92. The zero-order valence-corrected chi connectivity index (χ0v) is 31.1. The highest BCUT2D eigenvalue weighted by Crippen LogP contribution is 2.35. The van der Waals surface area contributed by atoms with Crippen molar-refractivity contribution in [1.29, 1.82) is 0 Å². The first-order valence-electron chi connectivity index (χ1n) is 18.4. The van der Waals surface area contributed by atoms with Gasteiger partial charge in [-0.3, -0.25) is 14.8 Å². The molecule has 14 heteroatoms. The standard InChI is InChI=1S/C42H39F3N4O6S/c43-34-21-36(45)40(22-35(34)44)56(52,53)49-19-18-38(49)41(50)48(25-31-23-47-37(24-46-31)30-14-8-3-9-15-30)32-16-17-33(42(51)55-27-29-12-6-2-7-13-29)39(20-32)54-26-28-10-4-1-5-11-28/h1-2,4-7,10-13,16-17,20-24,30,38H,3,8-9,14-15,18-19,25-27H2/t38-/m1/s1. The maximum Gasteiger partial charge on any atom is 0.342 e. The van der Waals surface area contributed by atoms with E-state index in [1.165, 1.54) is 29.5 Å². The van der Waals surface area contributed by atoms with Crippen LogP contribution in [0.4, 0.5) is 18.9 Å². The number of ether oxygens (including phenoxy) is 2. The van der Waals surface area contributed by atoms with Crippen LogP contribution >= 0.6 is 0 Å². The lowest BCUT2D eigenvalue weighted by Gasteiger charge is -2.41. The smallest absolute Gasteiger partial charge is 0.342 e. The van der Waals surface area contributed by atoms with Crippen LogP contribution in [0.5, 0.6) is 5.75 Å². The molecular formula is C42H39F3N4O6S. The second kappa shape index (κ2) is 17.0. The van der Waals surface area contributed by atoms with Gasteiger partial charge in [0.05, 0.1) is 24.1 Å². The van der Waals surface area contributed by atoms with E-state index in [0.29, 0.717) is 5.69 Å². The molecule has 1 aliphatic heterocycles. The lowest BCUT2D eigenvalue weighted by molar-refractivity contribution is -0.125. The van der Waals surface area contributed by atoms with Gasteiger partial charge in [0.2, 0.25) is 15.9 Å². The predicted molar refractivity (Wildman–Crippen MR) is 200 cm³/mol. The number of hydrogen-bond acceptors (Lipinski definition) is 8. The van der Waals surface area contributed by atoms with Gasteiger partial charge in [0, 0.05) is 36.5 Å². The van der Waals surface area contributed by atoms with E-state index in [2.05, 4.69) is 9.97 Å². The normalized spacial score (nSPS) is 16.2. The molecule has 0 radical (unpaired) electrons. The number of hydrogen-bond donors (Lipinski definition) is 0. The Balaban J connectivity index is 1.22. The highest BCUT2D eigenvalue weighted by Gasteiger charge is 2.46. The van der Waals surface area contributed by atoms with Gasteiger partial charge in [0.15, 0.2) is 11.6 Å². The highest BCUT2D eigenvalue weighted by molar-refractivity contribution is 7.89. The summed E-state index contributed by atoms with van der Waals surface area (Å²) < 4.78 is 82.4. The van der Waals surface area contributed by atoms with Crippen LogP contribution in [0, 0.1) is 17.5 Å². The summed E-state index contributed by atoms with van der Waals surface area (Å²) in [6, 6.07) is 22.0. The number of aromatic nitrogens is 2. The van der Waals surface area contributed by atoms with Crippen molar-refractivity contribution >= 4 is 27.6 Å². The molecule has 4 aromatic carbocycles. The van der Waals surface area contributed by atoms with Crippen molar-refractivity contribution in [1.82, 2.24) is 14.3 Å². The van der Waals surface area contributed by atoms with Crippen LogP contribution in [-0.4, -0.2) is 47.2 Å². The number of benzene rings is 4. The van der Waals surface area contributed by atoms with Gasteiger partial charge in [-0.05, 0) is 48.6 Å². The predicted octanol–water partition coefficient (Wildman–Crippen LogP) is 7.87. The Morgan fingerprint density at radius 2 is 1.45 bits per heavy atom. The number of anilines is 1. The zero-order valence-electron chi connectivity index (χ0n) is 30.3. The molecule has 0 spiro atoms. The van der Waals surface area contributed by atoms with Crippen LogP contribution < -0.4 is 9.64 Å². The van der Waals surface area contributed by atoms with Gasteiger partial charge in [-0.25, -0.2) is 26.4 Å². The van der Waals surface area contributed by atoms with Crippen molar-refractivity contribution < 1.29 is 40.7 Å². The number of sulfonamides is 1. The van der Waals surface area contributed by atoms with Gasteiger partial charge in [0.25, 0.3) is 0 Å². The second-order valence-electron chi connectivity index (χ2n) is 13.8. The minimum absolute atomic E-state index is 0.00419. The molecule has 1 aromatic heterocycles. The first kappa shape index (κ1) is 38.7. The summed E-state index contributed by atoms with van der Waals surface area (Å²) in [6.07, 6.45) is 8.75. The fraction of sp³-hybridized carbons (Fsp3) is 0.286. The van der Waals surface area contributed by atoms with Gasteiger partial charge in [0.1, 0.15) is 41.3 Å². The van der Waals surface area contributed by atoms with Crippen LogP contribution in [0.25, 0.3) is 0 Å². The summed E-state index contributed by atoms with van der Waals surface area (Å²) in [6.45, 7) is -0.251. The minimum Gasteiger partial charge on any atom is -0.488 e. The van der Waals surface area contributed by atoms with Crippen LogP contribution in [0.15, 0.2) is 108 Å². The molecule has 0 unspecified atom stereocenters. The molecule has 10 nitrogen and oxygen atoms in total. The maximum absolute atomic E-state index is 14.8. The zero-order chi connectivity index (χ0) is 39.2. The molecule has 0 N–H and O–H groups in total. The molecule has 56 heavy (non-hydrogen) atoms. The fourth-order valence-corrected chi connectivity index (χ4v) is 8.61. The average Bonchev–Trinajstić information content (AvgIpc) is 3.20. The van der Waals surface area contributed by atoms with Gasteiger partial charge in [-0.1, -0.05) is 79.9 Å². The van der Waals surface area contributed by atoms with Gasteiger partial charge >= 0.3 is 5.97 Å². The summed E-state index contributed by atoms with van der Waals surface area (Å²) in [4.78, 5) is 37.5. The Morgan fingerprint density at radius 1 is 0.768 bits per heavy atom. The number of nitrogens with zero attached hydrogens (tertiary/aromatic N) is 4. The third kappa shape index (κ3) is 8.61. The van der Waals surface area contributed by atoms with E-state index >= 15 is 0 Å². The number of esters is 1. The molecule has 2 heterocycles. The highest BCUT2D eigenvalue weighted by atomic mass is 32.2. The Kier molecular flexibility index (Phi) is 11.8. The maximum atomic E-state index is 14.8. The van der Waals surface area contributed by atoms with E-state index < -0.39 is 50.3 Å². The number of halogens is 3. The SMILES string of the molecule is O=C(OCc1ccccc1)c1ccc(N(Cc2cnc(C3CCCCC3)cn2)C(=O)[C@H]2CCN2S(=O)(=O)c2cc(F)c(F)cc2F)cc1OCc1ccccc1. The molecule has 290 valence electrons. The van der Waals surface area contributed by atoms with Crippen molar-refractivity contribution in [3.05, 3.63) is 149 Å². The molecule has 0 bridgehead atoms. The molecule has 1 atom stereocenters. The summed E-state index contributed by atoms with van der Waals surface area (Å²) in [5.41, 5.74) is 3.16. The lowest BCUT2D eigenvalue weighted by Crippen LogP contribution is -2.59. The Hall–Kier alpha value is -5.60. The average molecular weight is 785 g/mol. The largest absolute Gasteiger partial charge is 0.488 e. The lowest BCUT2D eigenvalue weighted by atomic mass is 9.87. The number of carbonyl (C=O) groups excluding carboxylic acids is 2. The van der Waals surface area contributed by atoms with E-state index in [1.807, 2.05) is 60.7 Å². The molecule has 1 saturated heterocycles. The third-order valence-corrected chi connectivity index (χ3v) is 12.0. The minimum atomic E-state index is -4.78. The quantitative estimate of drug-likeness (QED) is 0.0875. The molecule has 1 amide bonds. The topological polar surface area (TPSA) is 119 Å². The Bertz CT molecular complexity index is 2290. The molecule has 1 saturated carbocycles. The molecule has 7 rings (SSSR count). The Labute approximate surface area is 323 Å². The molecule has 2 aliphatic rings. The van der Waals surface area contributed by atoms with Gasteiger partial charge in [-0.15, -0.1) is 0 Å². The first-order chi connectivity index (χ1) is 27.1. The van der Waals surface area contributed by atoms with Gasteiger partial charge in [-0.2, -0.15) is 4.31 Å². The first-order valence-corrected chi connectivity index (χ1v) is 19.8. The van der Waals surface area contributed by atoms with E-state index in [9.17, 15) is 31.2 Å².